The van der Waals surface area contributed by atoms with Gasteiger partial charge in [0.25, 0.3) is 0 Å². The molecule has 1 heterocycles. The fourth-order valence-corrected chi connectivity index (χ4v) is 2.92. The Morgan fingerprint density at radius 1 is 1.35 bits per heavy atom. The Bertz CT molecular complexity index is 546. The molecule has 1 aromatic carbocycles. The van der Waals surface area contributed by atoms with Crippen LogP contribution in [0.25, 0.3) is 0 Å². The van der Waals surface area contributed by atoms with Crippen LogP contribution in [0.15, 0.2) is 28.2 Å². The molecule has 2 rings (SSSR count). The minimum absolute atomic E-state index is 0.446. The first-order chi connectivity index (χ1) is 9.74. The first-order valence-corrected chi connectivity index (χ1v) is 8.02. The fraction of sp³-hybridized carbons (Fsp3) is 0.357. The van der Waals surface area contributed by atoms with Crippen molar-refractivity contribution in [3.05, 3.63) is 38.8 Å². The second-order valence-electron chi connectivity index (χ2n) is 4.08. The van der Waals surface area contributed by atoms with Crippen molar-refractivity contribution < 1.29 is 9.47 Å². The molecule has 2 aromatic rings. The van der Waals surface area contributed by atoms with Crippen LogP contribution >= 0.6 is 27.3 Å². The van der Waals surface area contributed by atoms with E-state index in [2.05, 4.69) is 26.2 Å². The van der Waals surface area contributed by atoms with Gasteiger partial charge in [0.05, 0.1) is 11.1 Å². The normalized spacial score (nSPS) is 10.6. The zero-order valence-corrected chi connectivity index (χ0v) is 13.9. The molecule has 1 aromatic heterocycles. The van der Waals surface area contributed by atoms with E-state index < -0.39 is 0 Å². The van der Waals surface area contributed by atoms with Crippen LogP contribution in [0.5, 0.6) is 11.5 Å². The van der Waals surface area contributed by atoms with Crippen molar-refractivity contribution in [1.82, 2.24) is 10.3 Å². The predicted molar refractivity (Wildman–Crippen MR) is 84.5 cm³/mol. The number of ether oxygens (including phenoxy) is 2. The number of hydrogen-bond donors (Lipinski definition) is 1. The Labute approximate surface area is 131 Å². The molecule has 1 N–H and O–H groups in total. The number of rotatable bonds is 7. The van der Waals surface area contributed by atoms with E-state index >= 15 is 0 Å². The van der Waals surface area contributed by atoms with Crippen LogP contribution in [0.4, 0.5) is 0 Å². The van der Waals surface area contributed by atoms with Gasteiger partial charge in [0, 0.05) is 18.1 Å². The van der Waals surface area contributed by atoms with E-state index in [1.165, 1.54) is 0 Å². The van der Waals surface area contributed by atoms with E-state index in [0.717, 1.165) is 33.1 Å². The molecule has 0 bridgehead atoms. The standard InChI is InChI=1S/C14H17BrN2O2S/c1-3-18-12-7-10(8-16-2)6-11(15)14(12)19-9-13-17-4-5-20-13/h4-7,16H,3,8-9H2,1-2H3. The number of benzene rings is 1. The smallest absolute Gasteiger partial charge is 0.175 e. The molecule has 0 aliphatic carbocycles. The van der Waals surface area contributed by atoms with E-state index in [9.17, 15) is 0 Å². The summed E-state index contributed by atoms with van der Waals surface area (Å²) in [5.74, 6) is 1.48. The number of nitrogens with one attached hydrogen (secondary N) is 1. The van der Waals surface area contributed by atoms with E-state index in [4.69, 9.17) is 9.47 Å². The molecule has 0 amide bonds. The molecule has 0 atom stereocenters. The average molecular weight is 357 g/mol. The molecule has 0 saturated heterocycles. The number of hydrogen-bond acceptors (Lipinski definition) is 5. The summed E-state index contributed by atoms with van der Waals surface area (Å²) in [5.41, 5.74) is 1.14. The van der Waals surface area contributed by atoms with Gasteiger partial charge in [-0.3, -0.25) is 0 Å². The lowest BCUT2D eigenvalue weighted by Gasteiger charge is -2.14. The molecule has 0 unspecified atom stereocenters. The molecule has 6 heteroatoms. The summed E-state index contributed by atoms with van der Waals surface area (Å²) in [4.78, 5) is 4.21. The zero-order valence-electron chi connectivity index (χ0n) is 11.5. The summed E-state index contributed by atoms with van der Waals surface area (Å²) < 4.78 is 12.4. The van der Waals surface area contributed by atoms with Crippen LogP contribution in [-0.4, -0.2) is 18.6 Å². The Balaban J connectivity index is 2.20. The molecule has 0 aliphatic heterocycles. The number of thiazole rings is 1. The fourth-order valence-electron chi connectivity index (χ4n) is 1.79. The number of nitrogens with zero attached hydrogens (tertiary/aromatic N) is 1. The van der Waals surface area contributed by atoms with E-state index in [0.29, 0.717) is 13.2 Å². The first kappa shape index (κ1) is 15.3. The maximum absolute atomic E-state index is 5.85. The highest BCUT2D eigenvalue weighted by molar-refractivity contribution is 9.10. The molecular weight excluding hydrogens is 340 g/mol. The van der Waals surface area contributed by atoms with Crippen LogP contribution in [0.2, 0.25) is 0 Å². The second kappa shape index (κ2) is 7.61. The van der Waals surface area contributed by atoms with E-state index in [1.54, 1.807) is 17.5 Å². The quantitative estimate of drug-likeness (QED) is 0.822. The molecule has 0 spiro atoms. The highest BCUT2D eigenvalue weighted by Crippen LogP contribution is 2.37. The molecular formula is C14H17BrN2O2S. The molecule has 20 heavy (non-hydrogen) atoms. The highest BCUT2D eigenvalue weighted by atomic mass is 79.9. The average Bonchev–Trinajstić information content (AvgIpc) is 2.92. The third-order valence-electron chi connectivity index (χ3n) is 2.57. The van der Waals surface area contributed by atoms with Crippen molar-refractivity contribution in [1.29, 1.82) is 0 Å². The minimum Gasteiger partial charge on any atom is -0.490 e. The zero-order chi connectivity index (χ0) is 14.4. The second-order valence-corrected chi connectivity index (χ2v) is 5.92. The molecule has 108 valence electrons. The van der Waals surface area contributed by atoms with Gasteiger partial charge in [0.1, 0.15) is 11.6 Å². The summed E-state index contributed by atoms with van der Waals surface area (Å²) in [6.07, 6.45) is 1.78. The summed E-state index contributed by atoms with van der Waals surface area (Å²) >= 11 is 5.13. The molecule has 4 nitrogen and oxygen atoms in total. The Morgan fingerprint density at radius 3 is 2.85 bits per heavy atom. The van der Waals surface area contributed by atoms with Gasteiger partial charge < -0.3 is 14.8 Å². The van der Waals surface area contributed by atoms with Gasteiger partial charge >= 0.3 is 0 Å². The van der Waals surface area contributed by atoms with Gasteiger partial charge in [-0.1, -0.05) is 0 Å². The van der Waals surface area contributed by atoms with Gasteiger partial charge in [-0.25, -0.2) is 4.98 Å². The highest BCUT2D eigenvalue weighted by Gasteiger charge is 2.12. The molecule has 0 fully saturated rings. The SMILES string of the molecule is CCOc1cc(CNC)cc(Br)c1OCc1nccs1. The Hall–Kier alpha value is -1.11. The number of aromatic nitrogens is 1. The molecule has 0 saturated carbocycles. The van der Waals surface area contributed by atoms with Crippen LogP contribution in [-0.2, 0) is 13.2 Å². The summed E-state index contributed by atoms with van der Waals surface area (Å²) in [6, 6.07) is 4.04. The summed E-state index contributed by atoms with van der Waals surface area (Å²) in [7, 11) is 1.92. The molecule has 0 aliphatic rings. The monoisotopic (exact) mass is 356 g/mol. The van der Waals surface area contributed by atoms with Crippen molar-refractivity contribution in [3.63, 3.8) is 0 Å². The third kappa shape index (κ3) is 3.94. The third-order valence-corrected chi connectivity index (χ3v) is 3.92. The van der Waals surface area contributed by atoms with E-state index in [-0.39, 0.29) is 0 Å². The summed E-state index contributed by atoms with van der Waals surface area (Å²) in [6.45, 7) is 3.79. The first-order valence-electron chi connectivity index (χ1n) is 6.35. The lowest BCUT2D eigenvalue weighted by atomic mass is 10.2. The largest absolute Gasteiger partial charge is 0.490 e. The Morgan fingerprint density at radius 2 is 2.20 bits per heavy atom. The molecule has 0 radical (unpaired) electrons. The van der Waals surface area contributed by atoms with E-state index in [1.807, 2.05) is 31.5 Å². The predicted octanol–water partition coefficient (Wildman–Crippen LogP) is 3.60. The van der Waals surface area contributed by atoms with Crippen molar-refractivity contribution in [2.24, 2.45) is 0 Å². The topological polar surface area (TPSA) is 43.4 Å². The van der Waals surface area contributed by atoms with Crippen LogP contribution in [0.1, 0.15) is 17.5 Å². The van der Waals surface area contributed by atoms with Crippen molar-refractivity contribution in [2.75, 3.05) is 13.7 Å². The summed E-state index contributed by atoms with van der Waals surface area (Å²) in [5, 5.41) is 6.01. The Kier molecular flexibility index (Phi) is 5.82. The van der Waals surface area contributed by atoms with Crippen molar-refractivity contribution in [2.45, 2.75) is 20.1 Å². The van der Waals surface area contributed by atoms with Crippen molar-refractivity contribution >= 4 is 27.3 Å². The van der Waals surface area contributed by atoms with Crippen LogP contribution in [0.3, 0.4) is 0 Å². The van der Waals surface area contributed by atoms with Crippen molar-refractivity contribution in [3.8, 4) is 11.5 Å². The van der Waals surface area contributed by atoms with Gasteiger partial charge in [-0.15, -0.1) is 11.3 Å². The maximum atomic E-state index is 5.85. The lowest BCUT2D eigenvalue weighted by molar-refractivity contribution is 0.267. The maximum Gasteiger partial charge on any atom is 0.175 e. The van der Waals surface area contributed by atoms with Gasteiger partial charge in [0.15, 0.2) is 11.5 Å². The number of halogens is 1. The van der Waals surface area contributed by atoms with Gasteiger partial charge in [0.2, 0.25) is 0 Å². The van der Waals surface area contributed by atoms with Gasteiger partial charge in [-0.2, -0.15) is 0 Å². The van der Waals surface area contributed by atoms with Gasteiger partial charge in [-0.05, 0) is 47.6 Å². The lowest BCUT2D eigenvalue weighted by Crippen LogP contribution is -2.07. The minimum atomic E-state index is 0.446. The van der Waals surface area contributed by atoms with Crippen LogP contribution in [0, 0.1) is 0 Å². The van der Waals surface area contributed by atoms with Crippen LogP contribution < -0.4 is 14.8 Å².